The van der Waals surface area contributed by atoms with Gasteiger partial charge < -0.3 is 15.8 Å². The van der Waals surface area contributed by atoms with Crippen LogP contribution in [0.15, 0.2) is 0 Å². The van der Waals surface area contributed by atoms with Crippen molar-refractivity contribution < 1.29 is 4.74 Å². The summed E-state index contributed by atoms with van der Waals surface area (Å²) in [6, 6.07) is 1.79. The van der Waals surface area contributed by atoms with E-state index in [1.54, 1.807) is 0 Å². The number of nitrogens with one attached hydrogen (secondary N) is 1. The number of hydrogen-bond acceptors (Lipinski definition) is 3. The van der Waals surface area contributed by atoms with E-state index in [4.69, 9.17) is 10.5 Å². The summed E-state index contributed by atoms with van der Waals surface area (Å²) in [4.78, 5) is 0. The van der Waals surface area contributed by atoms with Gasteiger partial charge in [0.25, 0.3) is 0 Å². The Bertz CT molecular complexity index is 238. The van der Waals surface area contributed by atoms with Crippen molar-refractivity contribution in [3.8, 4) is 0 Å². The highest BCUT2D eigenvalue weighted by Crippen LogP contribution is 2.29. The van der Waals surface area contributed by atoms with Crippen LogP contribution in [0.4, 0.5) is 0 Å². The van der Waals surface area contributed by atoms with E-state index in [2.05, 4.69) is 19.2 Å². The van der Waals surface area contributed by atoms with Crippen LogP contribution in [0.5, 0.6) is 0 Å². The predicted octanol–water partition coefficient (Wildman–Crippen LogP) is 2.19. The first-order chi connectivity index (χ1) is 8.11. The highest BCUT2D eigenvalue weighted by molar-refractivity contribution is 4.89. The first kappa shape index (κ1) is 13.3. The molecule has 0 aromatic rings. The van der Waals surface area contributed by atoms with Gasteiger partial charge in [-0.3, -0.25) is 0 Å². The van der Waals surface area contributed by atoms with E-state index in [1.165, 1.54) is 25.7 Å². The maximum atomic E-state index is 5.95. The summed E-state index contributed by atoms with van der Waals surface area (Å²) in [5.41, 5.74) is 6.05. The third-order valence-electron chi connectivity index (χ3n) is 4.59. The van der Waals surface area contributed by atoms with Crippen molar-refractivity contribution in [3.05, 3.63) is 0 Å². The van der Waals surface area contributed by atoms with Crippen LogP contribution in [-0.4, -0.2) is 30.3 Å². The molecule has 1 saturated heterocycles. The van der Waals surface area contributed by atoms with E-state index < -0.39 is 0 Å². The molecule has 0 aromatic heterocycles. The maximum Gasteiger partial charge on any atom is 0.0666 e. The highest BCUT2D eigenvalue weighted by atomic mass is 16.5. The van der Waals surface area contributed by atoms with E-state index in [-0.39, 0.29) is 5.60 Å². The minimum atomic E-state index is 0.0982. The average Bonchev–Trinajstić information content (AvgIpc) is 2.32. The minimum Gasteiger partial charge on any atom is -0.375 e. The fourth-order valence-corrected chi connectivity index (χ4v) is 3.14. The Morgan fingerprint density at radius 1 is 1.18 bits per heavy atom. The van der Waals surface area contributed by atoms with Gasteiger partial charge in [0.15, 0.2) is 0 Å². The van der Waals surface area contributed by atoms with Gasteiger partial charge in [-0.1, -0.05) is 6.92 Å². The third-order valence-corrected chi connectivity index (χ3v) is 4.59. The van der Waals surface area contributed by atoms with Gasteiger partial charge in [0.1, 0.15) is 0 Å². The molecule has 0 spiro atoms. The normalized spacial score (nSPS) is 43.6. The topological polar surface area (TPSA) is 47.3 Å². The summed E-state index contributed by atoms with van der Waals surface area (Å²) < 4.78 is 5.89. The summed E-state index contributed by atoms with van der Waals surface area (Å²) in [6.45, 7) is 5.38. The van der Waals surface area contributed by atoms with Gasteiger partial charge >= 0.3 is 0 Å². The zero-order chi connectivity index (χ0) is 12.3. The van der Waals surface area contributed by atoms with Crippen LogP contribution in [0.25, 0.3) is 0 Å². The lowest BCUT2D eigenvalue weighted by atomic mass is 9.87. The second-order valence-corrected chi connectivity index (χ2v) is 6.12. The number of nitrogens with two attached hydrogens (primary N) is 1. The lowest BCUT2D eigenvalue weighted by molar-refractivity contribution is -0.0795. The molecule has 3 nitrogen and oxygen atoms in total. The van der Waals surface area contributed by atoms with Crippen molar-refractivity contribution in [2.24, 2.45) is 5.73 Å². The van der Waals surface area contributed by atoms with Crippen LogP contribution in [0.2, 0.25) is 0 Å². The molecule has 1 aliphatic carbocycles. The Morgan fingerprint density at radius 3 is 2.53 bits per heavy atom. The van der Waals surface area contributed by atoms with Crippen molar-refractivity contribution >= 4 is 0 Å². The molecule has 2 unspecified atom stereocenters. The molecular formula is C14H28N2O. The lowest BCUT2D eigenvalue weighted by Crippen LogP contribution is -2.49. The Labute approximate surface area is 105 Å². The second-order valence-electron chi connectivity index (χ2n) is 6.12. The van der Waals surface area contributed by atoms with E-state index in [0.717, 1.165) is 25.9 Å². The molecule has 0 aromatic carbocycles. The van der Waals surface area contributed by atoms with Crippen LogP contribution >= 0.6 is 0 Å². The first-order valence-corrected chi connectivity index (χ1v) is 7.27. The monoisotopic (exact) mass is 240 g/mol. The van der Waals surface area contributed by atoms with Gasteiger partial charge in [-0.2, -0.15) is 0 Å². The number of hydrogen-bond donors (Lipinski definition) is 2. The van der Waals surface area contributed by atoms with Crippen LogP contribution in [0, 0.1) is 0 Å². The van der Waals surface area contributed by atoms with Crippen LogP contribution in [0.3, 0.4) is 0 Å². The molecule has 0 bridgehead atoms. The second kappa shape index (κ2) is 5.68. The molecule has 2 aliphatic rings. The first-order valence-electron chi connectivity index (χ1n) is 7.27. The van der Waals surface area contributed by atoms with Crippen molar-refractivity contribution in [3.63, 3.8) is 0 Å². The van der Waals surface area contributed by atoms with E-state index >= 15 is 0 Å². The lowest BCUT2D eigenvalue weighted by Gasteiger charge is -2.40. The molecule has 0 amide bonds. The van der Waals surface area contributed by atoms with Gasteiger partial charge in [0.2, 0.25) is 0 Å². The van der Waals surface area contributed by atoms with Crippen molar-refractivity contribution in [1.82, 2.24) is 5.32 Å². The summed E-state index contributed by atoms with van der Waals surface area (Å²) in [5.74, 6) is 0. The third kappa shape index (κ3) is 3.67. The van der Waals surface area contributed by atoms with E-state index in [0.29, 0.717) is 18.1 Å². The molecular weight excluding hydrogens is 212 g/mol. The smallest absolute Gasteiger partial charge is 0.0666 e. The fourth-order valence-electron chi connectivity index (χ4n) is 3.14. The van der Waals surface area contributed by atoms with Crippen LogP contribution < -0.4 is 11.1 Å². The SMILES string of the molecule is CCC1(C)CC(NC2CCC(N)CC2)CCO1. The highest BCUT2D eigenvalue weighted by Gasteiger charge is 2.32. The summed E-state index contributed by atoms with van der Waals surface area (Å²) in [6.07, 6.45) is 8.31. The standard InChI is InChI=1S/C14H28N2O/c1-3-14(2)10-13(8-9-17-14)16-12-6-4-11(15)5-7-12/h11-13,16H,3-10,15H2,1-2H3. The summed E-state index contributed by atoms with van der Waals surface area (Å²) in [7, 11) is 0. The fraction of sp³-hybridized carbons (Fsp3) is 1.00. The Hall–Kier alpha value is -0.120. The van der Waals surface area contributed by atoms with Crippen molar-refractivity contribution in [2.75, 3.05) is 6.61 Å². The molecule has 3 heteroatoms. The van der Waals surface area contributed by atoms with Gasteiger partial charge in [-0.25, -0.2) is 0 Å². The average molecular weight is 240 g/mol. The molecule has 2 fully saturated rings. The van der Waals surface area contributed by atoms with Crippen LogP contribution in [0.1, 0.15) is 58.8 Å². The minimum absolute atomic E-state index is 0.0982. The number of ether oxygens (including phenoxy) is 1. The molecule has 1 heterocycles. The Kier molecular flexibility index (Phi) is 4.45. The largest absolute Gasteiger partial charge is 0.375 e. The van der Waals surface area contributed by atoms with E-state index in [9.17, 15) is 0 Å². The van der Waals surface area contributed by atoms with Crippen LogP contribution in [-0.2, 0) is 4.74 Å². The van der Waals surface area contributed by atoms with E-state index in [1.807, 2.05) is 0 Å². The van der Waals surface area contributed by atoms with Gasteiger partial charge in [-0.15, -0.1) is 0 Å². The van der Waals surface area contributed by atoms with Crippen molar-refractivity contribution in [1.29, 1.82) is 0 Å². The Balaban J connectivity index is 1.79. The number of rotatable bonds is 3. The molecule has 17 heavy (non-hydrogen) atoms. The van der Waals surface area contributed by atoms with Gasteiger partial charge in [-0.05, 0) is 51.9 Å². The molecule has 2 atom stereocenters. The Morgan fingerprint density at radius 2 is 1.88 bits per heavy atom. The zero-order valence-corrected chi connectivity index (χ0v) is 11.4. The van der Waals surface area contributed by atoms with Gasteiger partial charge in [0.05, 0.1) is 5.60 Å². The quantitative estimate of drug-likeness (QED) is 0.795. The summed E-state index contributed by atoms with van der Waals surface area (Å²) in [5, 5.41) is 3.83. The van der Waals surface area contributed by atoms with Gasteiger partial charge in [0, 0.05) is 24.7 Å². The molecule has 1 aliphatic heterocycles. The van der Waals surface area contributed by atoms with Crippen molar-refractivity contribution in [2.45, 2.75) is 82.5 Å². The molecule has 100 valence electrons. The molecule has 3 N–H and O–H groups in total. The maximum absolute atomic E-state index is 5.95. The molecule has 0 radical (unpaired) electrons. The molecule has 2 rings (SSSR count). The zero-order valence-electron chi connectivity index (χ0n) is 11.4. The molecule has 1 saturated carbocycles. The predicted molar refractivity (Wildman–Crippen MR) is 71.0 cm³/mol. The summed E-state index contributed by atoms with van der Waals surface area (Å²) >= 11 is 0.